The van der Waals surface area contributed by atoms with Crippen LogP contribution in [-0.2, 0) is 14.3 Å². The van der Waals surface area contributed by atoms with E-state index >= 15 is 0 Å². The number of carbonyl (C=O) groups is 1. The van der Waals surface area contributed by atoms with Gasteiger partial charge in [-0.1, -0.05) is 20.3 Å². The van der Waals surface area contributed by atoms with E-state index in [9.17, 15) is 4.79 Å². The van der Waals surface area contributed by atoms with E-state index in [0.29, 0.717) is 12.5 Å². The molecule has 0 aliphatic carbocycles. The maximum absolute atomic E-state index is 11.5. The fourth-order valence-electron chi connectivity index (χ4n) is 1.82. The quantitative estimate of drug-likeness (QED) is 0.654. The van der Waals surface area contributed by atoms with Crippen molar-refractivity contribution in [2.45, 2.75) is 45.8 Å². The summed E-state index contributed by atoms with van der Waals surface area (Å²) in [7, 11) is 0. The third kappa shape index (κ3) is 2.94. The lowest BCUT2D eigenvalue weighted by atomic mass is 9.94. The van der Waals surface area contributed by atoms with Crippen LogP contribution in [0.3, 0.4) is 0 Å². The highest BCUT2D eigenvalue weighted by Crippen LogP contribution is 2.22. The van der Waals surface area contributed by atoms with Crippen LogP contribution in [0.1, 0.15) is 33.6 Å². The zero-order valence-corrected chi connectivity index (χ0v) is 9.60. The SMILES string of the molecule is CCCC(C)C1OC=NC1C(=O)OCC. The van der Waals surface area contributed by atoms with E-state index in [1.807, 2.05) is 0 Å². The molecule has 0 saturated heterocycles. The third-order valence-corrected chi connectivity index (χ3v) is 2.58. The average Bonchev–Trinajstić information content (AvgIpc) is 2.66. The molecule has 0 amide bonds. The summed E-state index contributed by atoms with van der Waals surface area (Å²) in [5, 5.41) is 0. The normalized spacial score (nSPS) is 26.1. The number of hydrogen-bond acceptors (Lipinski definition) is 4. The van der Waals surface area contributed by atoms with Crippen LogP contribution in [0, 0.1) is 5.92 Å². The van der Waals surface area contributed by atoms with Crippen molar-refractivity contribution in [1.82, 2.24) is 0 Å². The summed E-state index contributed by atoms with van der Waals surface area (Å²) >= 11 is 0. The Labute approximate surface area is 90.7 Å². The van der Waals surface area contributed by atoms with E-state index in [1.165, 1.54) is 6.40 Å². The molecule has 1 rings (SSSR count). The van der Waals surface area contributed by atoms with E-state index in [2.05, 4.69) is 18.8 Å². The fourth-order valence-corrected chi connectivity index (χ4v) is 1.82. The summed E-state index contributed by atoms with van der Waals surface area (Å²) in [6.07, 6.45) is 3.34. The van der Waals surface area contributed by atoms with Crippen LogP contribution >= 0.6 is 0 Å². The van der Waals surface area contributed by atoms with Gasteiger partial charge in [-0.3, -0.25) is 0 Å². The second-order valence-corrected chi connectivity index (χ2v) is 3.82. The van der Waals surface area contributed by atoms with Crippen LogP contribution in [0.4, 0.5) is 0 Å². The van der Waals surface area contributed by atoms with E-state index in [4.69, 9.17) is 9.47 Å². The molecule has 0 fully saturated rings. The molecular formula is C11H19NO3. The second-order valence-electron chi connectivity index (χ2n) is 3.82. The first kappa shape index (κ1) is 12.0. The first-order valence-electron chi connectivity index (χ1n) is 5.54. The van der Waals surface area contributed by atoms with Gasteiger partial charge in [-0.2, -0.15) is 0 Å². The van der Waals surface area contributed by atoms with Crippen LogP contribution in [0.15, 0.2) is 4.99 Å². The van der Waals surface area contributed by atoms with Gasteiger partial charge >= 0.3 is 5.97 Å². The Balaban J connectivity index is 2.55. The number of nitrogens with zero attached hydrogens (tertiary/aromatic N) is 1. The molecule has 0 saturated carbocycles. The highest BCUT2D eigenvalue weighted by Gasteiger charge is 2.37. The molecule has 0 aromatic carbocycles. The minimum Gasteiger partial charge on any atom is -0.477 e. The van der Waals surface area contributed by atoms with Gasteiger partial charge in [0.25, 0.3) is 0 Å². The van der Waals surface area contributed by atoms with Gasteiger partial charge in [-0.25, -0.2) is 9.79 Å². The van der Waals surface area contributed by atoms with Crippen molar-refractivity contribution in [1.29, 1.82) is 0 Å². The summed E-state index contributed by atoms with van der Waals surface area (Å²) < 4.78 is 10.3. The van der Waals surface area contributed by atoms with Gasteiger partial charge < -0.3 is 9.47 Å². The zero-order chi connectivity index (χ0) is 11.3. The largest absolute Gasteiger partial charge is 0.477 e. The Morgan fingerprint density at radius 3 is 2.93 bits per heavy atom. The monoisotopic (exact) mass is 213 g/mol. The van der Waals surface area contributed by atoms with Gasteiger partial charge in [-0.15, -0.1) is 0 Å². The summed E-state index contributed by atoms with van der Waals surface area (Å²) in [6.45, 7) is 6.38. The van der Waals surface area contributed by atoms with Crippen molar-refractivity contribution in [3.63, 3.8) is 0 Å². The minimum absolute atomic E-state index is 0.149. The summed E-state index contributed by atoms with van der Waals surface area (Å²) in [6, 6.07) is -0.466. The van der Waals surface area contributed by atoms with Crippen LogP contribution in [0.25, 0.3) is 0 Å². The lowest BCUT2D eigenvalue weighted by molar-refractivity contribution is -0.146. The standard InChI is InChI=1S/C11H19NO3/c1-4-6-8(3)10-9(12-7-15-10)11(13)14-5-2/h7-10H,4-6H2,1-3H3. The van der Waals surface area contributed by atoms with Crippen molar-refractivity contribution in [2.75, 3.05) is 6.61 Å². The third-order valence-electron chi connectivity index (χ3n) is 2.58. The van der Waals surface area contributed by atoms with Crippen molar-refractivity contribution in [3.8, 4) is 0 Å². The lowest BCUT2D eigenvalue weighted by Gasteiger charge is -2.21. The molecular weight excluding hydrogens is 194 g/mol. The molecule has 15 heavy (non-hydrogen) atoms. The van der Waals surface area contributed by atoms with Gasteiger partial charge in [0.15, 0.2) is 12.4 Å². The van der Waals surface area contributed by atoms with Crippen molar-refractivity contribution in [2.24, 2.45) is 10.9 Å². The van der Waals surface area contributed by atoms with Crippen molar-refractivity contribution >= 4 is 12.4 Å². The number of rotatable bonds is 5. The molecule has 3 atom stereocenters. The first-order chi connectivity index (χ1) is 7.20. The molecule has 1 heterocycles. The van der Waals surface area contributed by atoms with E-state index in [-0.39, 0.29) is 12.1 Å². The van der Waals surface area contributed by atoms with Crippen LogP contribution in [0.5, 0.6) is 0 Å². The minimum atomic E-state index is -0.466. The van der Waals surface area contributed by atoms with Crippen LogP contribution in [-0.4, -0.2) is 31.1 Å². The van der Waals surface area contributed by atoms with Gasteiger partial charge in [0.1, 0.15) is 6.10 Å². The molecule has 0 bridgehead atoms. The highest BCUT2D eigenvalue weighted by atomic mass is 16.5. The molecule has 0 N–H and O–H groups in total. The molecule has 0 radical (unpaired) electrons. The van der Waals surface area contributed by atoms with E-state index in [0.717, 1.165) is 12.8 Å². The van der Waals surface area contributed by atoms with E-state index in [1.54, 1.807) is 6.92 Å². The van der Waals surface area contributed by atoms with Crippen molar-refractivity contribution < 1.29 is 14.3 Å². The average molecular weight is 213 g/mol. The molecule has 4 heteroatoms. The summed E-state index contributed by atoms with van der Waals surface area (Å²) in [5.41, 5.74) is 0. The molecule has 0 spiro atoms. The Hall–Kier alpha value is -1.06. The number of hydrogen-bond donors (Lipinski definition) is 0. The van der Waals surface area contributed by atoms with Gasteiger partial charge in [0.05, 0.1) is 6.61 Å². The maximum Gasteiger partial charge on any atom is 0.334 e. The molecule has 4 nitrogen and oxygen atoms in total. The lowest BCUT2D eigenvalue weighted by Crippen LogP contribution is -2.36. The molecule has 1 aliphatic rings. The predicted molar refractivity (Wildman–Crippen MR) is 57.9 cm³/mol. The Bertz CT molecular complexity index is 240. The van der Waals surface area contributed by atoms with Crippen LogP contribution in [0.2, 0.25) is 0 Å². The van der Waals surface area contributed by atoms with Gasteiger partial charge in [0.2, 0.25) is 0 Å². The van der Waals surface area contributed by atoms with E-state index < -0.39 is 6.04 Å². The zero-order valence-electron chi connectivity index (χ0n) is 9.60. The Morgan fingerprint density at radius 2 is 2.33 bits per heavy atom. The molecule has 86 valence electrons. The Morgan fingerprint density at radius 1 is 1.60 bits per heavy atom. The van der Waals surface area contributed by atoms with Crippen molar-refractivity contribution in [3.05, 3.63) is 0 Å². The molecule has 0 aromatic rings. The topological polar surface area (TPSA) is 47.9 Å². The van der Waals surface area contributed by atoms with Gasteiger partial charge in [-0.05, 0) is 19.3 Å². The summed E-state index contributed by atoms with van der Waals surface area (Å²) in [4.78, 5) is 15.6. The smallest absolute Gasteiger partial charge is 0.334 e. The summed E-state index contributed by atoms with van der Waals surface area (Å²) in [5.74, 6) is 0.0473. The first-order valence-corrected chi connectivity index (χ1v) is 5.54. The molecule has 0 aromatic heterocycles. The molecule has 3 unspecified atom stereocenters. The Kier molecular flexibility index (Phi) is 4.59. The predicted octanol–water partition coefficient (Wildman–Crippen LogP) is 1.78. The van der Waals surface area contributed by atoms with Gasteiger partial charge in [0, 0.05) is 0 Å². The second kappa shape index (κ2) is 5.73. The number of esters is 1. The number of carbonyl (C=O) groups excluding carboxylic acids is 1. The fraction of sp³-hybridized carbons (Fsp3) is 0.818. The number of ether oxygens (including phenoxy) is 2. The highest BCUT2D eigenvalue weighted by molar-refractivity contribution is 5.79. The molecule has 1 aliphatic heterocycles. The number of aliphatic imine (C=N–C) groups is 1. The van der Waals surface area contributed by atoms with Crippen LogP contribution < -0.4 is 0 Å². The maximum atomic E-state index is 11.5.